The highest BCUT2D eigenvalue weighted by atomic mass is 32.1. The molecule has 0 saturated carbocycles. The Morgan fingerprint density at radius 3 is 2.76 bits per heavy atom. The molecule has 7 heteroatoms. The molecule has 1 aliphatic rings. The van der Waals surface area contributed by atoms with E-state index in [0.717, 1.165) is 44.3 Å². The number of thiazole rings is 1. The van der Waals surface area contributed by atoms with Crippen LogP contribution in [0.5, 0.6) is 0 Å². The average Bonchev–Trinajstić information content (AvgIpc) is 2.86. The van der Waals surface area contributed by atoms with Gasteiger partial charge in [0.05, 0.1) is 0 Å². The van der Waals surface area contributed by atoms with Crippen molar-refractivity contribution in [3.8, 4) is 0 Å². The molecule has 0 atom stereocenters. The first kappa shape index (κ1) is 16.0. The SMILES string of the molecule is CC(C)CCN(C)C(=O)c1sc(N2CCNCC2)nc1N. The van der Waals surface area contributed by atoms with Crippen molar-refractivity contribution in [2.45, 2.75) is 20.3 Å². The van der Waals surface area contributed by atoms with Gasteiger partial charge in [-0.2, -0.15) is 0 Å². The lowest BCUT2D eigenvalue weighted by molar-refractivity contribution is 0.0794. The van der Waals surface area contributed by atoms with Crippen LogP contribution in [0.15, 0.2) is 0 Å². The predicted molar refractivity (Wildman–Crippen MR) is 88.0 cm³/mol. The highest BCUT2D eigenvalue weighted by molar-refractivity contribution is 7.18. The Morgan fingerprint density at radius 2 is 2.14 bits per heavy atom. The second-order valence-electron chi connectivity index (χ2n) is 5.86. The van der Waals surface area contributed by atoms with Gasteiger partial charge in [-0.25, -0.2) is 4.98 Å². The zero-order valence-corrected chi connectivity index (χ0v) is 13.9. The Hall–Kier alpha value is -1.34. The van der Waals surface area contributed by atoms with E-state index in [1.165, 1.54) is 11.3 Å². The van der Waals surface area contributed by atoms with E-state index >= 15 is 0 Å². The maximum Gasteiger partial charge on any atom is 0.267 e. The molecular formula is C14H25N5OS. The first-order chi connectivity index (χ1) is 9.99. The fourth-order valence-electron chi connectivity index (χ4n) is 2.19. The number of nitrogens with zero attached hydrogens (tertiary/aromatic N) is 3. The first-order valence-corrected chi connectivity index (χ1v) is 8.28. The van der Waals surface area contributed by atoms with Gasteiger partial charge in [0.25, 0.3) is 5.91 Å². The number of amides is 1. The van der Waals surface area contributed by atoms with Crippen LogP contribution < -0.4 is 16.0 Å². The fraction of sp³-hybridized carbons (Fsp3) is 0.714. The first-order valence-electron chi connectivity index (χ1n) is 7.46. The molecule has 1 aliphatic heterocycles. The predicted octanol–water partition coefficient (Wildman–Crippen LogP) is 1.25. The third-order valence-electron chi connectivity index (χ3n) is 3.61. The molecule has 3 N–H and O–H groups in total. The van der Waals surface area contributed by atoms with Crippen molar-refractivity contribution in [3.63, 3.8) is 0 Å². The summed E-state index contributed by atoms with van der Waals surface area (Å²) in [5, 5.41) is 4.16. The number of aromatic nitrogens is 1. The van der Waals surface area contributed by atoms with E-state index < -0.39 is 0 Å². The Morgan fingerprint density at radius 1 is 1.48 bits per heavy atom. The van der Waals surface area contributed by atoms with Gasteiger partial charge in [-0.05, 0) is 12.3 Å². The largest absolute Gasteiger partial charge is 0.382 e. The van der Waals surface area contributed by atoms with Crippen molar-refractivity contribution in [1.82, 2.24) is 15.2 Å². The summed E-state index contributed by atoms with van der Waals surface area (Å²) in [6.07, 6.45) is 0.992. The fourth-order valence-corrected chi connectivity index (χ4v) is 3.22. The van der Waals surface area contributed by atoms with Crippen LogP contribution >= 0.6 is 11.3 Å². The molecule has 0 bridgehead atoms. The Kier molecular flexibility index (Phi) is 5.41. The number of anilines is 2. The molecule has 2 rings (SSSR count). The second-order valence-corrected chi connectivity index (χ2v) is 6.83. The highest BCUT2D eigenvalue weighted by Crippen LogP contribution is 2.29. The zero-order valence-electron chi connectivity index (χ0n) is 13.1. The van der Waals surface area contributed by atoms with Crippen molar-refractivity contribution >= 4 is 28.2 Å². The van der Waals surface area contributed by atoms with Crippen LogP contribution in [-0.2, 0) is 0 Å². The topological polar surface area (TPSA) is 74.5 Å². The van der Waals surface area contributed by atoms with Crippen LogP contribution in [0.25, 0.3) is 0 Å². The number of rotatable bonds is 5. The Bertz CT molecular complexity index is 482. The molecule has 2 heterocycles. The molecule has 1 saturated heterocycles. The van der Waals surface area contributed by atoms with Gasteiger partial charge >= 0.3 is 0 Å². The molecular weight excluding hydrogens is 286 g/mol. The van der Waals surface area contributed by atoms with Crippen LogP contribution in [0.1, 0.15) is 29.9 Å². The number of nitrogens with two attached hydrogens (primary N) is 1. The third-order valence-corrected chi connectivity index (χ3v) is 4.73. The zero-order chi connectivity index (χ0) is 15.4. The summed E-state index contributed by atoms with van der Waals surface area (Å²) >= 11 is 1.41. The van der Waals surface area contributed by atoms with Gasteiger partial charge in [0, 0.05) is 39.8 Å². The maximum absolute atomic E-state index is 12.5. The number of hydrogen-bond donors (Lipinski definition) is 2. The Labute approximate surface area is 130 Å². The molecule has 0 unspecified atom stereocenters. The van der Waals surface area contributed by atoms with E-state index in [1.54, 1.807) is 4.90 Å². The molecule has 1 aromatic heterocycles. The van der Waals surface area contributed by atoms with E-state index in [0.29, 0.717) is 16.6 Å². The minimum absolute atomic E-state index is 0.0213. The molecule has 0 aromatic carbocycles. The van der Waals surface area contributed by atoms with Crippen LogP contribution in [0, 0.1) is 5.92 Å². The normalized spacial score (nSPS) is 15.5. The van der Waals surface area contributed by atoms with Gasteiger partial charge in [-0.3, -0.25) is 4.79 Å². The van der Waals surface area contributed by atoms with Crippen molar-refractivity contribution in [2.24, 2.45) is 5.92 Å². The molecule has 118 valence electrons. The molecule has 0 aliphatic carbocycles. The maximum atomic E-state index is 12.5. The van der Waals surface area contributed by atoms with Gasteiger partial charge in [0.1, 0.15) is 10.7 Å². The monoisotopic (exact) mass is 311 g/mol. The lowest BCUT2D eigenvalue weighted by Gasteiger charge is -2.26. The van der Waals surface area contributed by atoms with E-state index in [4.69, 9.17) is 5.73 Å². The van der Waals surface area contributed by atoms with Crippen molar-refractivity contribution in [3.05, 3.63) is 4.88 Å². The van der Waals surface area contributed by atoms with Crippen molar-refractivity contribution in [1.29, 1.82) is 0 Å². The summed E-state index contributed by atoms with van der Waals surface area (Å²) in [6, 6.07) is 0. The molecule has 21 heavy (non-hydrogen) atoms. The van der Waals surface area contributed by atoms with Crippen LogP contribution in [-0.4, -0.2) is 55.6 Å². The summed E-state index contributed by atoms with van der Waals surface area (Å²) in [7, 11) is 1.83. The van der Waals surface area contributed by atoms with Crippen LogP contribution in [0.4, 0.5) is 10.9 Å². The summed E-state index contributed by atoms with van der Waals surface area (Å²) in [5.74, 6) is 0.914. The van der Waals surface area contributed by atoms with E-state index in [-0.39, 0.29) is 5.91 Å². The lowest BCUT2D eigenvalue weighted by Crippen LogP contribution is -2.43. The average molecular weight is 311 g/mol. The van der Waals surface area contributed by atoms with Crippen LogP contribution in [0.3, 0.4) is 0 Å². The van der Waals surface area contributed by atoms with Gasteiger partial charge in [-0.1, -0.05) is 25.2 Å². The van der Waals surface area contributed by atoms with E-state index in [2.05, 4.69) is 29.0 Å². The summed E-state index contributed by atoms with van der Waals surface area (Å²) in [6.45, 7) is 8.75. The number of carbonyl (C=O) groups is 1. The quantitative estimate of drug-likeness (QED) is 0.856. The van der Waals surface area contributed by atoms with E-state index in [1.807, 2.05) is 7.05 Å². The summed E-state index contributed by atoms with van der Waals surface area (Å²) in [5.41, 5.74) is 5.95. The molecule has 1 aromatic rings. The van der Waals surface area contributed by atoms with Crippen LogP contribution in [0.2, 0.25) is 0 Å². The minimum Gasteiger partial charge on any atom is -0.382 e. The summed E-state index contributed by atoms with van der Waals surface area (Å²) < 4.78 is 0. The van der Waals surface area contributed by atoms with Gasteiger partial charge in [0.15, 0.2) is 5.13 Å². The van der Waals surface area contributed by atoms with Gasteiger partial charge < -0.3 is 20.9 Å². The van der Waals surface area contributed by atoms with E-state index in [9.17, 15) is 4.79 Å². The van der Waals surface area contributed by atoms with Crippen molar-refractivity contribution in [2.75, 3.05) is 50.4 Å². The summed E-state index contributed by atoms with van der Waals surface area (Å²) in [4.78, 5) is 21.3. The van der Waals surface area contributed by atoms with Crippen molar-refractivity contribution < 1.29 is 4.79 Å². The molecule has 0 spiro atoms. The number of piperazine rings is 1. The smallest absolute Gasteiger partial charge is 0.267 e. The number of carbonyl (C=O) groups excluding carboxylic acids is 1. The second kappa shape index (κ2) is 7.09. The number of hydrogen-bond acceptors (Lipinski definition) is 6. The third kappa shape index (κ3) is 4.07. The molecule has 6 nitrogen and oxygen atoms in total. The standard InChI is InChI=1S/C14H25N5OS/c1-10(2)4-7-18(3)13(20)11-12(15)17-14(21-11)19-8-5-16-6-9-19/h10,16H,4-9,15H2,1-3H3. The highest BCUT2D eigenvalue weighted by Gasteiger charge is 2.22. The Balaban J connectivity index is 2.05. The number of nitrogen functional groups attached to an aromatic ring is 1. The van der Waals surface area contributed by atoms with Gasteiger partial charge in [0.2, 0.25) is 0 Å². The lowest BCUT2D eigenvalue weighted by atomic mass is 10.1. The van der Waals surface area contributed by atoms with Gasteiger partial charge in [-0.15, -0.1) is 0 Å². The minimum atomic E-state index is -0.0213. The molecule has 0 radical (unpaired) electrons. The molecule has 1 amide bonds. The number of nitrogens with one attached hydrogen (secondary N) is 1. The molecule has 1 fully saturated rings.